The summed E-state index contributed by atoms with van der Waals surface area (Å²) in [5, 5.41) is 7.05. The minimum Gasteiger partial charge on any atom is -0.332 e. The topological polar surface area (TPSA) is 66.4 Å². The third-order valence-corrected chi connectivity index (χ3v) is 5.66. The molecular formula is C27H28ClFN4O2. The molecule has 0 bridgehead atoms. The van der Waals surface area contributed by atoms with Gasteiger partial charge in [-0.05, 0) is 60.9 Å². The molecule has 8 heteroatoms. The van der Waals surface area contributed by atoms with Crippen molar-refractivity contribution in [2.75, 3.05) is 19.4 Å². The van der Waals surface area contributed by atoms with E-state index in [2.05, 4.69) is 15.5 Å². The molecule has 3 aromatic carbocycles. The van der Waals surface area contributed by atoms with E-state index < -0.39 is 0 Å². The Balaban J connectivity index is 0.00000342. The van der Waals surface area contributed by atoms with E-state index in [9.17, 15) is 14.0 Å². The standard InChI is InChI=1S/C27H27FN4O2.ClH/c1-31(2)17-18-7-6-8-21(15-18)30-27(34)29-16-24-25(19-11-13-20(28)14-12-19)22-9-4-5-10-23(22)26(33)32(24)3;/h4-15H,16-17H2,1-3H3,(H2,29,30,34);1H. The van der Waals surface area contributed by atoms with Crippen LogP contribution in [0, 0.1) is 5.82 Å². The van der Waals surface area contributed by atoms with E-state index in [-0.39, 0.29) is 36.4 Å². The molecule has 2 N–H and O–H groups in total. The van der Waals surface area contributed by atoms with Gasteiger partial charge in [-0.3, -0.25) is 4.79 Å². The number of rotatable bonds is 6. The van der Waals surface area contributed by atoms with Crippen LogP contribution < -0.4 is 16.2 Å². The maximum Gasteiger partial charge on any atom is 0.319 e. The molecule has 0 saturated heterocycles. The minimum absolute atomic E-state index is 0. The molecule has 2 amide bonds. The molecule has 4 rings (SSSR count). The van der Waals surface area contributed by atoms with Gasteiger partial charge in [-0.1, -0.05) is 42.5 Å². The van der Waals surface area contributed by atoms with E-state index in [1.54, 1.807) is 29.8 Å². The Hall–Kier alpha value is -3.68. The Morgan fingerprint density at radius 2 is 1.66 bits per heavy atom. The molecule has 1 heterocycles. The Morgan fingerprint density at radius 1 is 0.971 bits per heavy atom. The van der Waals surface area contributed by atoms with Crippen LogP contribution in [-0.4, -0.2) is 29.6 Å². The van der Waals surface area contributed by atoms with Crippen molar-refractivity contribution in [3.63, 3.8) is 0 Å². The predicted octanol–water partition coefficient (Wildman–Crippen LogP) is 5.15. The molecule has 0 aliphatic rings. The zero-order valence-corrected chi connectivity index (χ0v) is 20.7. The van der Waals surface area contributed by atoms with Crippen LogP contribution in [0.3, 0.4) is 0 Å². The summed E-state index contributed by atoms with van der Waals surface area (Å²) in [6, 6.07) is 20.7. The molecule has 4 aromatic rings. The molecule has 0 saturated carbocycles. The van der Waals surface area contributed by atoms with E-state index in [0.717, 1.165) is 28.6 Å². The van der Waals surface area contributed by atoms with Gasteiger partial charge < -0.3 is 20.1 Å². The van der Waals surface area contributed by atoms with Crippen molar-refractivity contribution in [3.05, 3.63) is 100 Å². The summed E-state index contributed by atoms with van der Waals surface area (Å²) in [6.45, 7) is 0.879. The molecule has 0 unspecified atom stereocenters. The van der Waals surface area contributed by atoms with Gasteiger partial charge in [-0.15, -0.1) is 12.4 Å². The number of carbonyl (C=O) groups is 1. The molecule has 1 aromatic heterocycles. The summed E-state index contributed by atoms with van der Waals surface area (Å²) in [5.74, 6) is -0.339. The van der Waals surface area contributed by atoms with Crippen molar-refractivity contribution in [2.45, 2.75) is 13.1 Å². The van der Waals surface area contributed by atoms with Gasteiger partial charge in [-0.2, -0.15) is 0 Å². The van der Waals surface area contributed by atoms with Crippen molar-refractivity contribution >= 4 is 34.9 Å². The van der Waals surface area contributed by atoms with Crippen LogP contribution in [0.25, 0.3) is 21.9 Å². The van der Waals surface area contributed by atoms with Crippen LogP contribution in [0.4, 0.5) is 14.9 Å². The van der Waals surface area contributed by atoms with Crippen LogP contribution in [0.2, 0.25) is 0 Å². The van der Waals surface area contributed by atoms with E-state index in [4.69, 9.17) is 0 Å². The smallest absolute Gasteiger partial charge is 0.319 e. The Morgan fingerprint density at radius 3 is 2.34 bits per heavy atom. The average Bonchev–Trinajstić information content (AvgIpc) is 2.81. The maximum atomic E-state index is 13.6. The summed E-state index contributed by atoms with van der Waals surface area (Å²) in [6.07, 6.45) is 0. The average molecular weight is 495 g/mol. The Kier molecular flexibility index (Phi) is 8.27. The highest BCUT2D eigenvalue weighted by molar-refractivity contribution is 5.97. The number of aromatic nitrogens is 1. The number of pyridine rings is 1. The lowest BCUT2D eigenvalue weighted by molar-refractivity contribution is 0.251. The SMILES string of the molecule is CN(C)Cc1cccc(NC(=O)NCc2c(-c3ccc(F)cc3)c3ccccc3c(=O)n2C)c1.Cl. The van der Waals surface area contributed by atoms with Gasteiger partial charge in [0.25, 0.3) is 5.56 Å². The van der Waals surface area contributed by atoms with Crippen LogP contribution in [0.5, 0.6) is 0 Å². The molecule has 0 fully saturated rings. The molecule has 0 spiro atoms. The second-order valence-corrected chi connectivity index (χ2v) is 8.48. The van der Waals surface area contributed by atoms with Crippen molar-refractivity contribution < 1.29 is 9.18 Å². The van der Waals surface area contributed by atoms with Gasteiger partial charge in [0.05, 0.1) is 6.54 Å². The summed E-state index contributed by atoms with van der Waals surface area (Å²) >= 11 is 0. The van der Waals surface area contributed by atoms with Crippen LogP contribution in [0.15, 0.2) is 77.6 Å². The van der Waals surface area contributed by atoms with E-state index in [1.807, 2.05) is 56.6 Å². The highest BCUT2D eigenvalue weighted by Crippen LogP contribution is 2.30. The van der Waals surface area contributed by atoms with Crippen molar-refractivity contribution in [1.29, 1.82) is 0 Å². The number of halogens is 2. The first kappa shape index (κ1) is 25.9. The van der Waals surface area contributed by atoms with Gasteiger partial charge >= 0.3 is 6.03 Å². The van der Waals surface area contributed by atoms with E-state index >= 15 is 0 Å². The number of hydrogen-bond donors (Lipinski definition) is 2. The van der Waals surface area contributed by atoms with Crippen molar-refractivity contribution in [3.8, 4) is 11.1 Å². The first-order valence-corrected chi connectivity index (χ1v) is 11.0. The highest BCUT2D eigenvalue weighted by Gasteiger charge is 2.17. The lowest BCUT2D eigenvalue weighted by atomic mass is 9.96. The number of hydrogen-bond acceptors (Lipinski definition) is 3. The number of amides is 2. The molecule has 35 heavy (non-hydrogen) atoms. The van der Waals surface area contributed by atoms with Crippen LogP contribution in [0.1, 0.15) is 11.3 Å². The monoisotopic (exact) mass is 494 g/mol. The quantitative estimate of drug-likeness (QED) is 0.389. The largest absolute Gasteiger partial charge is 0.332 e. The fourth-order valence-electron chi connectivity index (χ4n) is 4.11. The fraction of sp³-hybridized carbons (Fsp3) is 0.185. The number of nitrogens with one attached hydrogen (secondary N) is 2. The fourth-order valence-corrected chi connectivity index (χ4v) is 4.11. The predicted molar refractivity (Wildman–Crippen MR) is 142 cm³/mol. The maximum absolute atomic E-state index is 13.6. The first-order valence-electron chi connectivity index (χ1n) is 11.0. The van der Waals surface area contributed by atoms with Gasteiger partial charge in [0.2, 0.25) is 0 Å². The number of carbonyl (C=O) groups excluding carboxylic acids is 1. The normalized spacial score (nSPS) is 10.8. The number of nitrogens with zero attached hydrogens (tertiary/aromatic N) is 2. The van der Waals surface area contributed by atoms with E-state index in [0.29, 0.717) is 16.8 Å². The summed E-state index contributed by atoms with van der Waals surface area (Å²) in [5.41, 5.74) is 3.79. The second kappa shape index (κ2) is 11.2. The second-order valence-electron chi connectivity index (χ2n) is 8.48. The summed E-state index contributed by atoms with van der Waals surface area (Å²) in [7, 11) is 5.65. The molecule has 6 nitrogen and oxygen atoms in total. The minimum atomic E-state index is -0.382. The first-order chi connectivity index (χ1) is 16.3. The van der Waals surface area contributed by atoms with Crippen molar-refractivity contribution in [1.82, 2.24) is 14.8 Å². The molecular weight excluding hydrogens is 467 g/mol. The molecule has 0 atom stereocenters. The molecule has 0 aliphatic heterocycles. The third-order valence-electron chi connectivity index (χ3n) is 5.66. The number of fused-ring (bicyclic) bond motifs is 1. The molecule has 182 valence electrons. The zero-order valence-electron chi connectivity index (χ0n) is 19.8. The lowest BCUT2D eigenvalue weighted by Crippen LogP contribution is -2.32. The van der Waals surface area contributed by atoms with Gasteiger partial charge in [0, 0.05) is 35.9 Å². The molecule has 0 aliphatic carbocycles. The van der Waals surface area contributed by atoms with Gasteiger partial charge in [-0.25, -0.2) is 9.18 Å². The van der Waals surface area contributed by atoms with Crippen molar-refractivity contribution in [2.24, 2.45) is 7.05 Å². The summed E-state index contributed by atoms with van der Waals surface area (Å²) in [4.78, 5) is 27.8. The number of benzene rings is 3. The van der Waals surface area contributed by atoms with Crippen LogP contribution >= 0.6 is 12.4 Å². The zero-order chi connectivity index (χ0) is 24.2. The molecule has 0 radical (unpaired) electrons. The Labute approximate surface area is 209 Å². The summed E-state index contributed by atoms with van der Waals surface area (Å²) < 4.78 is 15.1. The Bertz CT molecular complexity index is 1400. The van der Waals surface area contributed by atoms with Gasteiger partial charge in [0.1, 0.15) is 5.82 Å². The van der Waals surface area contributed by atoms with E-state index in [1.165, 1.54) is 12.1 Å². The highest BCUT2D eigenvalue weighted by atomic mass is 35.5. The third kappa shape index (κ3) is 5.88. The van der Waals surface area contributed by atoms with Crippen LogP contribution in [-0.2, 0) is 20.1 Å². The van der Waals surface area contributed by atoms with Gasteiger partial charge in [0.15, 0.2) is 0 Å². The number of anilines is 1. The lowest BCUT2D eigenvalue weighted by Gasteiger charge is -2.18. The number of urea groups is 1.